The quantitative estimate of drug-likeness (QED) is 0.564. The molecule has 0 unspecified atom stereocenters. The van der Waals surface area contributed by atoms with Gasteiger partial charge in [0.2, 0.25) is 11.5 Å². The molecule has 0 aliphatic rings. The summed E-state index contributed by atoms with van der Waals surface area (Å²) in [6.07, 6.45) is 0. The number of hydrogen-bond acceptors (Lipinski definition) is 8. The highest BCUT2D eigenvalue weighted by molar-refractivity contribution is 6.31. The first kappa shape index (κ1) is 18.8. The van der Waals surface area contributed by atoms with Crippen LogP contribution < -0.4 is 25.8 Å². The Morgan fingerprint density at radius 3 is 2.76 bits per heavy atom. The van der Waals surface area contributed by atoms with Crippen LogP contribution in [0.15, 0.2) is 16.8 Å². The van der Waals surface area contributed by atoms with Gasteiger partial charge in [-0.2, -0.15) is 0 Å². The van der Waals surface area contributed by atoms with Crippen molar-refractivity contribution in [1.29, 1.82) is 0 Å². The van der Waals surface area contributed by atoms with Crippen LogP contribution in [0.25, 0.3) is 0 Å². The van der Waals surface area contributed by atoms with Gasteiger partial charge in [0.05, 0.1) is 13.7 Å². The molecular weight excluding hydrogens is 350 g/mol. The van der Waals surface area contributed by atoms with Gasteiger partial charge in [-0.15, -0.1) is 0 Å². The Morgan fingerprint density at radius 1 is 1.32 bits per heavy atom. The van der Waals surface area contributed by atoms with Crippen LogP contribution in [-0.2, 0) is 6.54 Å². The number of rotatable bonds is 9. The van der Waals surface area contributed by atoms with Gasteiger partial charge in [-0.25, -0.2) is 4.63 Å². The fourth-order valence-corrected chi connectivity index (χ4v) is 2.29. The van der Waals surface area contributed by atoms with Gasteiger partial charge in [0.1, 0.15) is 0 Å². The molecule has 25 heavy (non-hydrogen) atoms. The van der Waals surface area contributed by atoms with E-state index in [0.717, 1.165) is 5.56 Å². The van der Waals surface area contributed by atoms with Gasteiger partial charge in [0.25, 0.3) is 5.91 Å². The van der Waals surface area contributed by atoms with Gasteiger partial charge < -0.3 is 25.8 Å². The molecule has 0 atom stereocenters. The van der Waals surface area contributed by atoms with E-state index in [9.17, 15) is 4.79 Å². The number of benzene rings is 1. The minimum absolute atomic E-state index is 0.0282. The zero-order valence-corrected chi connectivity index (χ0v) is 14.7. The highest BCUT2D eigenvalue weighted by Crippen LogP contribution is 2.33. The van der Waals surface area contributed by atoms with E-state index < -0.39 is 5.91 Å². The Labute approximate surface area is 149 Å². The lowest BCUT2D eigenvalue weighted by Crippen LogP contribution is -2.32. The van der Waals surface area contributed by atoms with Crippen LogP contribution in [0, 0.1) is 0 Å². The first-order valence-corrected chi connectivity index (χ1v) is 8.00. The number of methoxy groups -OCH3 is 1. The van der Waals surface area contributed by atoms with Crippen LogP contribution in [0.3, 0.4) is 0 Å². The van der Waals surface area contributed by atoms with Crippen LogP contribution >= 0.6 is 11.6 Å². The predicted octanol–water partition coefficient (Wildman–Crippen LogP) is 1.23. The SMILES string of the molecule is CCOc1cc(CNCCNC(=O)c2nonc2N)c(Cl)cc1OC. The number of nitrogens with one attached hydrogen (secondary N) is 2. The number of nitrogens with two attached hydrogens (primary N) is 1. The number of anilines is 1. The number of carbonyl (C=O) groups excluding carboxylic acids is 1. The van der Waals surface area contributed by atoms with E-state index in [0.29, 0.717) is 42.8 Å². The maximum absolute atomic E-state index is 11.8. The third kappa shape index (κ3) is 4.97. The molecule has 0 aliphatic carbocycles. The third-order valence-corrected chi connectivity index (χ3v) is 3.62. The zero-order chi connectivity index (χ0) is 18.2. The number of aromatic nitrogens is 2. The summed E-state index contributed by atoms with van der Waals surface area (Å²) in [6, 6.07) is 3.55. The number of hydrogen-bond donors (Lipinski definition) is 3. The monoisotopic (exact) mass is 369 g/mol. The molecule has 1 aromatic heterocycles. The molecule has 2 rings (SSSR count). The Morgan fingerprint density at radius 2 is 2.12 bits per heavy atom. The van der Waals surface area contributed by atoms with Gasteiger partial charge in [-0.05, 0) is 28.9 Å². The second-order valence-electron chi connectivity index (χ2n) is 4.96. The molecule has 0 saturated heterocycles. The van der Waals surface area contributed by atoms with Gasteiger partial charge >= 0.3 is 0 Å². The highest BCUT2D eigenvalue weighted by Gasteiger charge is 2.15. The van der Waals surface area contributed by atoms with E-state index in [1.54, 1.807) is 13.2 Å². The molecule has 1 amide bonds. The summed E-state index contributed by atoms with van der Waals surface area (Å²) in [4.78, 5) is 11.8. The number of nitrogen functional groups attached to an aromatic ring is 1. The molecule has 9 nitrogen and oxygen atoms in total. The Hall–Kier alpha value is -2.52. The van der Waals surface area contributed by atoms with E-state index in [1.165, 1.54) is 0 Å². The Bertz CT molecular complexity index is 722. The highest BCUT2D eigenvalue weighted by atomic mass is 35.5. The second-order valence-corrected chi connectivity index (χ2v) is 5.37. The van der Waals surface area contributed by atoms with E-state index >= 15 is 0 Å². The first-order chi connectivity index (χ1) is 12.1. The lowest BCUT2D eigenvalue weighted by molar-refractivity contribution is 0.0944. The van der Waals surface area contributed by atoms with Crippen molar-refractivity contribution >= 4 is 23.3 Å². The summed E-state index contributed by atoms with van der Waals surface area (Å²) in [5.41, 5.74) is 6.28. The van der Waals surface area contributed by atoms with Crippen molar-refractivity contribution in [2.75, 3.05) is 32.5 Å². The topological polar surface area (TPSA) is 125 Å². The molecule has 1 heterocycles. The minimum atomic E-state index is -0.443. The Balaban J connectivity index is 1.82. The molecule has 1 aromatic carbocycles. The normalized spacial score (nSPS) is 10.5. The largest absolute Gasteiger partial charge is 0.493 e. The van der Waals surface area contributed by atoms with Crippen molar-refractivity contribution in [2.45, 2.75) is 13.5 Å². The predicted molar refractivity (Wildman–Crippen MR) is 91.9 cm³/mol. The van der Waals surface area contributed by atoms with E-state index in [1.807, 2.05) is 13.0 Å². The molecule has 136 valence electrons. The molecule has 0 aliphatic heterocycles. The van der Waals surface area contributed by atoms with Gasteiger partial charge in [-0.3, -0.25) is 4.79 Å². The summed E-state index contributed by atoms with van der Waals surface area (Å²) < 4.78 is 15.2. The summed E-state index contributed by atoms with van der Waals surface area (Å²) in [6.45, 7) is 3.82. The van der Waals surface area contributed by atoms with Crippen LogP contribution in [0.4, 0.5) is 5.82 Å². The third-order valence-electron chi connectivity index (χ3n) is 3.26. The number of ether oxygens (including phenoxy) is 2. The number of carbonyl (C=O) groups is 1. The van der Waals surface area contributed by atoms with Crippen molar-refractivity contribution in [3.8, 4) is 11.5 Å². The fraction of sp³-hybridized carbons (Fsp3) is 0.400. The lowest BCUT2D eigenvalue weighted by atomic mass is 10.2. The van der Waals surface area contributed by atoms with Crippen LogP contribution in [0.2, 0.25) is 5.02 Å². The molecule has 10 heteroatoms. The molecular formula is C15H20ClN5O4. The average Bonchev–Trinajstić information content (AvgIpc) is 3.03. The average molecular weight is 370 g/mol. The Kier molecular flexibility index (Phi) is 6.84. The molecule has 0 spiro atoms. The van der Waals surface area contributed by atoms with Gasteiger partial charge in [-0.1, -0.05) is 11.6 Å². The zero-order valence-electron chi connectivity index (χ0n) is 14.0. The smallest absolute Gasteiger partial charge is 0.277 e. The van der Waals surface area contributed by atoms with Crippen molar-refractivity contribution < 1.29 is 18.9 Å². The standard InChI is InChI=1S/C15H20ClN5O4/c1-3-24-12-6-9(10(16)7-11(12)23-2)8-18-4-5-19-15(22)13-14(17)21-25-20-13/h6-7,18H,3-5,8H2,1-2H3,(H2,17,21)(H,19,22). The number of amides is 1. The lowest BCUT2D eigenvalue weighted by Gasteiger charge is -2.13. The maximum atomic E-state index is 11.8. The summed E-state index contributed by atoms with van der Waals surface area (Å²) in [7, 11) is 1.56. The molecule has 0 saturated carbocycles. The molecule has 2 aromatic rings. The molecule has 0 radical (unpaired) electrons. The molecule has 0 fully saturated rings. The fourth-order valence-electron chi connectivity index (χ4n) is 2.06. The first-order valence-electron chi connectivity index (χ1n) is 7.63. The van der Waals surface area contributed by atoms with Crippen molar-refractivity contribution in [1.82, 2.24) is 20.9 Å². The van der Waals surface area contributed by atoms with E-state index in [2.05, 4.69) is 25.6 Å². The van der Waals surface area contributed by atoms with Crippen molar-refractivity contribution in [3.05, 3.63) is 28.4 Å². The summed E-state index contributed by atoms with van der Waals surface area (Å²) in [5, 5.41) is 13.2. The van der Waals surface area contributed by atoms with Gasteiger partial charge in [0, 0.05) is 30.7 Å². The molecule has 0 bridgehead atoms. The van der Waals surface area contributed by atoms with Crippen LogP contribution in [0.1, 0.15) is 23.0 Å². The maximum Gasteiger partial charge on any atom is 0.277 e. The van der Waals surface area contributed by atoms with Crippen molar-refractivity contribution in [2.24, 2.45) is 0 Å². The number of nitrogens with zero attached hydrogens (tertiary/aromatic N) is 2. The minimum Gasteiger partial charge on any atom is -0.493 e. The second kappa shape index (κ2) is 9.09. The summed E-state index contributed by atoms with van der Waals surface area (Å²) >= 11 is 6.24. The van der Waals surface area contributed by atoms with Crippen molar-refractivity contribution in [3.63, 3.8) is 0 Å². The van der Waals surface area contributed by atoms with E-state index in [4.69, 9.17) is 26.8 Å². The number of halogens is 1. The summed E-state index contributed by atoms with van der Waals surface area (Å²) in [5.74, 6) is 0.732. The molecule has 4 N–H and O–H groups in total. The van der Waals surface area contributed by atoms with Crippen LogP contribution in [-0.4, -0.2) is 43.0 Å². The van der Waals surface area contributed by atoms with E-state index in [-0.39, 0.29) is 11.5 Å². The van der Waals surface area contributed by atoms with Crippen LogP contribution in [0.5, 0.6) is 11.5 Å². The van der Waals surface area contributed by atoms with Gasteiger partial charge in [0.15, 0.2) is 11.5 Å².